The molecule has 0 bridgehead atoms. The molecule has 2 nitrogen and oxygen atoms in total. The Morgan fingerprint density at radius 3 is 1.91 bits per heavy atom. The second-order valence-electron chi connectivity index (χ2n) is 6.55. The van der Waals surface area contributed by atoms with Crippen molar-refractivity contribution in [2.75, 3.05) is 0 Å². The number of fused-ring (bicyclic) bond motifs is 3. The first-order valence-corrected chi connectivity index (χ1v) is 8.59. The van der Waals surface area contributed by atoms with Crippen LogP contribution in [0.15, 0.2) is 48.5 Å². The van der Waals surface area contributed by atoms with Gasteiger partial charge in [0.05, 0.1) is 6.07 Å². The van der Waals surface area contributed by atoms with Crippen molar-refractivity contribution < 1.29 is 0 Å². The Morgan fingerprint density at radius 1 is 1.04 bits per heavy atom. The van der Waals surface area contributed by atoms with E-state index in [1.807, 2.05) is 12.1 Å². The number of unbranched alkanes of at least 4 members (excludes halogenated alkanes) is 1. The number of hydrogen-bond acceptors (Lipinski definition) is 2. The zero-order valence-corrected chi connectivity index (χ0v) is 13.8. The minimum Gasteiger partial charge on any atom is -0.328 e. The molecule has 0 atom stereocenters. The number of nitrogens with two attached hydrogens (primary N) is 1. The largest absolute Gasteiger partial charge is 0.328 e. The van der Waals surface area contributed by atoms with E-state index >= 15 is 0 Å². The van der Waals surface area contributed by atoms with Crippen molar-refractivity contribution >= 4 is 0 Å². The van der Waals surface area contributed by atoms with Gasteiger partial charge in [-0.1, -0.05) is 68.3 Å². The molecule has 1 fully saturated rings. The van der Waals surface area contributed by atoms with Crippen molar-refractivity contribution in [3.05, 3.63) is 59.7 Å². The summed E-state index contributed by atoms with van der Waals surface area (Å²) in [6.45, 7) is 2.18. The van der Waals surface area contributed by atoms with Crippen molar-refractivity contribution in [1.82, 2.24) is 0 Å². The van der Waals surface area contributed by atoms with Crippen LogP contribution in [0.5, 0.6) is 0 Å². The van der Waals surface area contributed by atoms with E-state index in [-0.39, 0.29) is 0 Å². The molecule has 118 valence electrons. The SMILES string of the molecule is CCCCC1(C#N)c2ccccc2-c2ccccc21.NC1CC1. The molecule has 0 aromatic heterocycles. The van der Waals surface area contributed by atoms with E-state index < -0.39 is 5.41 Å². The molecule has 2 aliphatic carbocycles. The van der Waals surface area contributed by atoms with E-state index in [4.69, 9.17) is 5.73 Å². The van der Waals surface area contributed by atoms with Crippen LogP contribution in [0.3, 0.4) is 0 Å². The van der Waals surface area contributed by atoms with Gasteiger partial charge in [-0.05, 0) is 41.5 Å². The topological polar surface area (TPSA) is 49.8 Å². The first kappa shape index (κ1) is 15.8. The van der Waals surface area contributed by atoms with Gasteiger partial charge >= 0.3 is 0 Å². The Labute approximate surface area is 138 Å². The van der Waals surface area contributed by atoms with Crippen LogP contribution in [0.25, 0.3) is 11.1 Å². The molecular weight excluding hydrogens is 280 g/mol. The summed E-state index contributed by atoms with van der Waals surface area (Å²) in [5, 5.41) is 9.89. The average Bonchev–Trinajstić information content (AvgIpc) is 3.34. The Morgan fingerprint density at radius 2 is 1.52 bits per heavy atom. The van der Waals surface area contributed by atoms with Gasteiger partial charge in [0.15, 0.2) is 0 Å². The lowest BCUT2D eigenvalue weighted by Gasteiger charge is -2.23. The van der Waals surface area contributed by atoms with Crippen molar-refractivity contribution in [3.63, 3.8) is 0 Å². The third-order valence-corrected chi connectivity index (χ3v) is 4.78. The molecule has 0 aliphatic heterocycles. The third-order valence-electron chi connectivity index (χ3n) is 4.78. The molecule has 1 saturated carbocycles. The van der Waals surface area contributed by atoms with Gasteiger partial charge in [0, 0.05) is 6.04 Å². The first-order chi connectivity index (χ1) is 11.2. The number of nitrogens with zero attached hydrogens (tertiary/aromatic N) is 1. The molecule has 2 heteroatoms. The standard InChI is InChI=1S/C18H17N.C3H7N/c1-2-3-12-18(13-19)16-10-6-4-8-14(16)15-9-5-7-11-17(15)18;4-3-1-2-3/h4-11H,2-3,12H2,1H3;3H,1-2,4H2. The summed E-state index contributed by atoms with van der Waals surface area (Å²) in [6, 6.07) is 19.9. The summed E-state index contributed by atoms with van der Waals surface area (Å²) in [4.78, 5) is 0. The smallest absolute Gasteiger partial charge is 0.108 e. The second-order valence-corrected chi connectivity index (χ2v) is 6.55. The molecule has 0 amide bonds. The van der Waals surface area contributed by atoms with Crippen LogP contribution in [0.1, 0.15) is 50.2 Å². The van der Waals surface area contributed by atoms with Gasteiger partial charge < -0.3 is 5.73 Å². The molecule has 2 aromatic carbocycles. The van der Waals surface area contributed by atoms with Crippen molar-refractivity contribution in [2.45, 2.75) is 50.5 Å². The summed E-state index contributed by atoms with van der Waals surface area (Å²) in [5.41, 5.74) is 9.62. The van der Waals surface area contributed by atoms with Gasteiger partial charge in [-0.3, -0.25) is 0 Å². The molecular formula is C21H24N2. The summed E-state index contributed by atoms with van der Waals surface area (Å²) < 4.78 is 0. The highest BCUT2D eigenvalue weighted by Gasteiger charge is 2.42. The molecule has 23 heavy (non-hydrogen) atoms. The van der Waals surface area contributed by atoms with Crippen LogP contribution in [0.2, 0.25) is 0 Å². The molecule has 4 rings (SSSR count). The lowest BCUT2D eigenvalue weighted by molar-refractivity contribution is 0.566. The highest BCUT2D eigenvalue weighted by atomic mass is 14.7. The zero-order valence-electron chi connectivity index (χ0n) is 13.8. The van der Waals surface area contributed by atoms with Crippen molar-refractivity contribution in [3.8, 4) is 17.2 Å². The van der Waals surface area contributed by atoms with Gasteiger partial charge in [-0.15, -0.1) is 0 Å². The fraction of sp³-hybridized carbons (Fsp3) is 0.381. The van der Waals surface area contributed by atoms with E-state index in [0.29, 0.717) is 6.04 Å². The summed E-state index contributed by atoms with van der Waals surface area (Å²) in [5.74, 6) is 0. The average molecular weight is 304 g/mol. The van der Waals surface area contributed by atoms with Crippen LogP contribution in [0, 0.1) is 11.3 Å². The van der Waals surface area contributed by atoms with Crippen LogP contribution < -0.4 is 5.73 Å². The highest BCUT2D eigenvalue weighted by molar-refractivity contribution is 5.82. The fourth-order valence-electron chi connectivity index (χ4n) is 3.31. The lowest BCUT2D eigenvalue weighted by atomic mass is 9.75. The maximum atomic E-state index is 9.89. The lowest BCUT2D eigenvalue weighted by Crippen LogP contribution is -2.22. The summed E-state index contributed by atoms with van der Waals surface area (Å²) in [7, 11) is 0. The highest BCUT2D eigenvalue weighted by Crippen LogP contribution is 2.50. The summed E-state index contributed by atoms with van der Waals surface area (Å²) >= 11 is 0. The molecule has 0 saturated heterocycles. The minimum absolute atomic E-state index is 0.441. The number of hydrogen-bond donors (Lipinski definition) is 1. The normalized spacial score (nSPS) is 16.6. The van der Waals surface area contributed by atoms with Crippen molar-refractivity contribution in [1.29, 1.82) is 5.26 Å². The van der Waals surface area contributed by atoms with Crippen LogP contribution in [-0.2, 0) is 5.41 Å². The van der Waals surface area contributed by atoms with E-state index in [0.717, 1.165) is 19.3 Å². The Balaban J connectivity index is 0.000000341. The fourth-order valence-corrected chi connectivity index (χ4v) is 3.31. The number of rotatable bonds is 3. The second kappa shape index (κ2) is 6.56. The Hall–Kier alpha value is -2.11. The quantitative estimate of drug-likeness (QED) is 0.887. The Kier molecular flexibility index (Phi) is 4.50. The van der Waals surface area contributed by atoms with Crippen LogP contribution >= 0.6 is 0 Å². The van der Waals surface area contributed by atoms with Gasteiger partial charge in [0.1, 0.15) is 5.41 Å². The molecule has 0 spiro atoms. The molecule has 0 unspecified atom stereocenters. The zero-order chi connectivity index (χ0) is 16.3. The van der Waals surface area contributed by atoms with Gasteiger partial charge in [0.2, 0.25) is 0 Å². The third kappa shape index (κ3) is 2.90. The monoisotopic (exact) mass is 304 g/mol. The molecule has 0 radical (unpaired) electrons. The summed E-state index contributed by atoms with van der Waals surface area (Å²) in [6.07, 6.45) is 5.64. The van der Waals surface area contributed by atoms with Gasteiger partial charge in [-0.2, -0.15) is 5.26 Å². The maximum absolute atomic E-state index is 9.89. The van der Waals surface area contributed by atoms with E-state index in [1.165, 1.54) is 35.1 Å². The molecule has 2 aromatic rings. The number of benzene rings is 2. The first-order valence-electron chi connectivity index (χ1n) is 8.59. The van der Waals surface area contributed by atoms with Crippen LogP contribution in [-0.4, -0.2) is 6.04 Å². The molecule has 2 aliphatic rings. The van der Waals surface area contributed by atoms with Gasteiger partial charge in [-0.25, -0.2) is 0 Å². The maximum Gasteiger partial charge on any atom is 0.108 e. The molecule has 0 heterocycles. The van der Waals surface area contributed by atoms with Crippen LogP contribution in [0.4, 0.5) is 0 Å². The van der Waals surface area contributed by atoms with E-state index in [9.17, 15) is 5.26 Å². The minimum atomic E-state index is -0.441. The predicted octanol–water partition coefficient (Wildman–Crippen LogP) is 4.77. The number of nitriles is 1. The predicted molar refractivity (Wildman–Crippen MR) is 95.0 cm³/mol. The van der Waals surface area contributed by atoms with Gasteiger partial charge in [0.25, 0.3) is 0 Å². The molecule has 2 N–H and O–H groups in total. The van der Waals surface area contributed by atoms with E-state index in [1.54, 1.807) is 0 Å². The van der Waals surface area contributed by atoms with Crippen molar-refractivity contribution in [2.24, 2.45) is 5.73 Å². The Bertz CT molecular complexity index is 677. The van der Waals surface area contributed by atoms with E-state index in [2.05, 4.69) is 49.4 Å².